The Hall–Kier alpha value is -1.03. The summed E-state index contributed by atoms with van der Waals surface area (Å²) in [6.45, 7) is 8.00. The van der Waals surface area contributed by atoms with Crippen molar-refractivity contribution >= 4 is 5.97 Å². The number of ether oxygens (including phenoxy) is 2. The molecule has 1 aliphatic heterocycles. The normalized spacial score (nSPS) is 29.5. The Bertz CT molecular complexity index is 509. The monoisotopic (exact) mass is 350 g/mol. The molecule has 142 valence electrons. The summed E-state index contributed by atoms with van der Waals surface area (Å²) < 4.78 is 13.1. The highest BCUT2D eigenvalue weighted by Gasteiger charge is 2.45. The lowest BCUT2D eigenvalue weighted by Crippen LogP contribution is -2.47. The fourth-order valence-corrected chi connectivity index (χ4v) is 4.77. The van der Waals surface area contributed by atoms with Gasteiger partial charge in [0.05, 0.1) is 31.8 Å². The van der Waals surface area contributed by atoms with Crippen LogP contribution in [-0.4, -0.2) is 49.8 Å². The Morgan fingerprint density at radius 3 is 2.60 bits per heavy atom. The van der Waals surface area contributed by atoms with Crippen molar-refractivity contribution in [3.05, 3.63) is 11.3 Å². The molecule has 1 saturated carbocycles. The minimum atomic E-state index is -0.0311. The number of fused-ring (bicyclic) bond motifs is 1. The van der Waals surface area contributed by atoms with Gasteiger partial charge in [0, 0.05) is 12.3 Å². The SMILES string of the molecule is CC[N+](C)(CC)CCOC(=O)C1C2=C(CCCC2)OC2CCCCC21. The van der Waals surface area contributed by atoms with E-state index >= 15 is 0 Å². The molecule has 0 aromatic heterocycles. The van der Waals surface area contributed by atoms with Crippen molar-refractivity contribution in [1.82, 2.24) is 0 Å². The molecule has 0 radical (unpaired) electrons. The van der Waals surface area contributed by atoms with Crippen LogP contribution in [0, 0.1) is 11.8 Å². The summed E-state index contributed by atoms with van der Waals surface area (Å²) in [6.07, 6.45) is 9.33. The maximum atomic E-state index is 13.1. The molecule has 3 rings (SSSR count). The minimum absolute atomic E-state index is 0.0216. The molecule has 0 saturated heterocycles. The predicted molar refractivity (Wildman–Crippen MR) is 98.9 cm³/mol. The van der Waals surface area contributed by atoms with Crippen molar-refractivity contribution in [3.63, 3.8) is 0 Å². The summed E-state index contributed by atoms with van der Waals surface area (Å²) >= 11 is 0. The number of nitrogens with zero attached hydrogens (tertiary/aromatic N) is 1. The van der Waals surface area contributed by atoms with Crippen LogP contribution in [0.5, 0.6) is 0 Å². The zero-order valence-corrected chi connectivity index (χ0v) is 16.4. The van der Waals surface area contributed by atoms with Gasteiger partial charge in [0.15, 0.2) is 0 Å². The van der Waals surface area contributed by atoms with Crippen LogP contribution in [0.25, 0.3) is 0 Å². The summed E-state index contributed by atoms with van der Waals surface area (Å²) in [5.41, 5.74) is 1.28. The average Bonchev–Trinajstić information content (AvgIpc) is 2.65. The van der Waals surface area contributed by atoms with Gasteiger partial charge in [-0.1, -0.05) is 6.42 Å². The molecule has 4 nitrogen and oxygen atoms in total. The van der Waals surface area contributed by atoms with E-state index in [-0.39, 0.29) is 18.0 Å². The summed E-state index contributed by atoms with van der Waals surface area (Å²) in [7, 11) is 2.24. The van der Waals surface area contributed by atoms with Gasteiger partial charge < -0.3 is 14.0 Å². The number of quaternary nitrogens is 1. The quantitative estimate of drug-likeness (QED) is 0.535. The molecule has 1 fully saturated rings. The molecule has 3 unspecified atom stereocenters. The zero-order valence-electron chi connectivity index (χ0n) is 16.4. The summed E-state index contributed by atoms with van der Waals surface area (Å²) in [5.74, 6) is 1.47. The lowest BCUT2D eigenvalue weighted by atomic mass is 9.70. The largest absolute Gasteiger partial charge is 0.494 e. The third-order valence-corrected chi connectivity index (χ3v) is 6.97. The molecule has 4 heteroatoms. The Labute approximate surface area is 153 Å². The highest BCUT2D eigenvalue weighted by atomic mass is 16.5. The van der Waals surface area contributed by atoms with Gasteiger partial charge in [-0.25, -0.2) is 0 Å². The van der Waals surface area contributed by atoms with Gasteiger partial charge in [-0.15, -0.1) is 0 Å². The lowest BCUT2D eigenvalue weighted by Gasteiger charge is -2.44. The fraction of sp³-hybridized carbons (Fsp3) is 0.857. The Balaban J connectivity index is 1.69. The molecule has 0 spiro atoms. The fourth-order valence-electron chi connectivity index (χ4n) is 4.77. The van der Waals surface area contributed by atoms with Crippen LogP contribution >= 0.6 is 0 Å². The maximum Gasteiger partial charge on any atom is 0.313 e. The third-order valence-electron chi connectivity index (χ3n) is 6.97. The molecule has 3 aliphatic rings. The number of hydrogen-bond donors (Lipinski definition) is 0. The first-order valence-electron chi connectivity index (χ1n) is 10.5. The molecule has 1 heterocycles. The van der Waals surface area contributed by atoms with E-state index in [0.29, 0.717) is 12.5 Å². The van der Waals surface area contributed by atoms with Crippen LogP contribution < -0.4 is 0 Å². The highest BCUT2D eigenvalue weighted by molar-refractivity contribution is 5.77. The highest BCUT2D eigenvalue weighted by Crippen LogP contribution is 2.46. The number of carbonyl (C=O) groups excluding carboxylic acids is 1. The number of esters is 1. The average molecular weight is 351 g/mol. The van der Waals surface area contributed by atoms with Gasteiger partial charge >= 0.3 is 5.97 Å². The first kappa shape index (κ1) is 18.8. The molecule has 3 atom stereocenters. The topological polar surface area (TPSA) is 35.5 Å². The molecule has 0 amide bonds. The molecule has 0 aromatic carbocycles. The van der Waals surface area contributed by atoms with E-state index in [0.717, 1.165) is 55.6 Å². The van der Waals surface area contributed by atoms with E-state index in [1.165, 1.54) is 31.3 Å². The van der Waals surface area contributed by atoms with Crippen LogP contribution in [0.2, 0.25) is 0 Å². The van der Waals surface area contributed by atoms with E-state index < -0.39 is 0 Å². The molecule has 25 heavy (non-hydrogen) atoms. The third kappa shape index (κ3) is 4.05. The van der Waals surface area contributed by atoms with Crippen LogP contribution in [0.4, 0.5) is 0 Å². The first-order chi connectivity index (χ1) is 12.1. The van der Waals surface area contributed by atoms with Gasteiger partial charge in [0.2, 0.25) is 0 Å². The Kier molecular flexibility index (Phi) is 6.08. The first-order valence-corrected chi connectivity index (χ1v) is 10.5. The predicted octanol–water partition coefficient (Wildman–Crippen LogP) is 4.05. The van der Waals surface area contributed by atoms with Crippen molar-refractivity contribution in [2.45, 2.75) is 71.3 Å². The minimum Gasteiger partial charge on any atom is -0.494 e. The van der Waals surface area contributed by atoms with Crippen molar-refractivity contribution in [1.29, 1.82) is 0 Å². The zero-order chi connectivity index (χ0) is 17.9. The van der Waals surface area contributed by atoms with E-state index in [2.05, 4.69) is 20.9 Å². The molecule has 0 N–H and O–H groups in total. The van der Waals surface area contributed by atoms with E-state index in [9.17, 15) is 4.79 Å². The summed E-state index contributed by atoms with van der Waals surface area (Å²) in [4.78, 5) is 13.1. The van der Waals surface area contributed by atoms with Crippen LogP contribution in [0.3, 0.4) is 0 Å². The van der Waals surface area contributed by atoms with E-state index in [1.807, 2.05) is 0 Å². The van der Waals surface area contributed by atoms with E-state index in [4.69, 9.17) is 9.47 Å². The Morgan fingerprint density at radius 1 is 1.12 bits per heavy atom. The van der Waals surface area contributed by atoms with Crippen molar-refractivity contribution < 1.29 is 18.8 Å². The standard InChI is InChI=1S/C21H36NO3/c1-4-22(3,5-2)14-15-24-21(23)20-16-10-6-8-12-18(16)25-19-13-9-7-11-17(19)20/h16,18,20H,4-15H2,1-3H3/q+1. The second kappa shape index (κ2) is 8.11. The van der Waals surface area contributed by atoms with Crippen molar-refractivity contribution in [3.8, 4) is 0 Å². The summed E-state index contributed by atoms with van der Waals surface area (Å²) in [6, 6.07) is 0. The number of hydrogen-bond acceptors (Lipinski definition) is 3. The number of carbonyl (C=O) groups is 1. The number of rotatable bonds is 6. The maximum absolute atomic E-state index is 13.1. The number of likely N-dealkylation sites (N-methyl/N-ethyl adjacent to an activating group) is 1. The molecule has 2 aliphatic carbocycles. The van der Waals surface area contributed by atoms with Crippen molar-refractivity contribution in [2.75, 3.05) is 33.3 Å². The van der Waals surface area contributed by atoms with E-state index in [1.54, 1.807) is 0 Å². The van der Waals surface area contributed by atoms with Crippen molar-refractivity contribution in [2.24, 2.45) is 11.8 Å². The second-order valence-electron chi connectivity index (χ2n) is 8.38. The molecule has 0 aromatic rings. The van der Waals surface area contributed by atoms with Gasteiger partial charge in [-0.05, 0) is 57.9 Å². The van der Waals surface area contributed by atoms with Gasteiger partial charge in [0.25, 0.3) is 0 Å². The molecular weight excluding hydrogens is 314 g/mol. The van der Waals surface area contributed by atoms with Crippen LogP contribution in [-0.2, 0) is 14.3 Å². The van der Waals surface area contributed by atoms with Gasteiger partial charge in [0.1, 0.15) is 19.3 Å². The molecule has 0 bridgehead atoms. The number of allylic oxidation sites excluding steroid dienone is 1. The smallest absolute Gasteiger partial charge is 0.313 e. The van der Waals surface area contributed by atoms with Gasteiger partial charge in [-0.3, -0.25) is 4.79 Å². The van der Waals surface area contributed by atoms with Gasteiger partial charge in [-0.2, -0.15) is 0 Å². The lowest BCUT2D eigenvalue weighted by molar-refractivity contribution is -0.906. The Morgan fingerprint density at radius 2 is 1.84 bits per heavy atom. The van der Waals surface area contributed by atoms with Crippen LogP contribution in [0.1, 0.15) is 65.2 Å². The van der Waals surface area contributed by atoms with Crippen LogP contribution in [0.15, 0.2) is 11.3 Å². The second-order valence-corrected chi connectivity index (χ2v) is 8.38. The molecular formula is C21H36NO3+. The summed E-state index contributed by atoms with van der Waals surface area (Å²) in [5, 5.41) is 0.